The summed E-state index contributed by atoms with van der Waals surface area (Å²) in [6.45, 7) is 3.23. The van der Waals surface area contributed by atoms with Gasteiger partial charge in [0.2, 0.25) is 0 Å². The van der Waals surface area contributed by atoms with Crippen molar-refractivity contribution in [3.8, 4) is 5.75 Å². The molecule has 0 fully saturated rings. The molecule has 0 aromatic heterocycles. The first-order valence-corrected chi connectivity index (χ1v) is 5.32. The molecule has 1 aromatic carbocycles. The van der Waals surface area contributed by atoms with Crippen molar-refractivity contribution in [2.24, 2.45) is 0 Å². The summed E-state index contributed by atoms with van der Waals surface area (Å²) < 4.78 is 11.4. The van der Waals surface area contributed by atoms with Crippen LogP contribution in [0.1, 0.15) is 5.56 Å². The monoisotopic (exact) mass is 288 g/mol. The minimum Gasteiger partial charge on any atom is -0.490 e. The number of hydrogen-bond acceptors (Lipinski definition) is 4. The van der Waals surface area contributed by atoms with E-state index >= 15 is 0 Å². The van der Waals surface area contributed by atoms with Crippen LogP contribution in [0, 0.1) is 6.92 Å². The average Bonchev–Trinajstić information content (AvgIpc) is 2.25. The fourth-order valence-electron chi connectivity index (χ4n) is 0.956. The second-order valence-electron chi connectivity index (χ2n) is 2.86. The highest BCUT2D eigenvalue weighted by molar-refractivity contribution is 9.10. The molecule has 4 nitrogen and oxygen atoms in total. The summed E-state index contributed by atoms with van der Waals surface area (Å²) >= 11 is 3.42. The van der Waals surface area contributed by atoms with Gasteiger partial charge in [0, 0.05) is 7.11 Å². The minimum absolute atomic E-state index is 0.250. The van der Waals surface area contributed by atoms with Crippen LogP contribution in [0.25, 0.3) is 0 Å². The highest BCUT2D eigenvalue weighted by Crippen LogP contribution is 2.25. The van der Waals surface area contributed by atoms with Crippen LogP contribution in [0.3, 0.4) is 0 Å². The molecule has 0 heterocycles. The van der Waals surface area contributed by atoms with Crippen LogP contribution in [0.4, 0.5) is 0 Å². The lowest BCUT2D eigenvalue weighted by atomic mass is 10.2. The zero-order valence-electron chi connectivity index (χ0n) is 9.16. The summed E-state index contributed by atoms with van der Waals surface area (Å²) in [6, 6.07) is 6.02. The largest absolute Gasteiger partial charge is 0.490 e. The molecule has 0 spiro atoms. The molecule has 0 bridgehead atoms. The van der Waals surface area contributed by atoms with Crippen LogP contribution in [-0.2, 0) is 14.3 Å². The van der Waals surface area contributed by atoms with Crippen LogP contribution in [0.15, 0.2) is 22.7 Å². The quantitative estimate of drug-likeness (QED) is 0.797. The molecule has 0 saturated heterocycles. The Morgan fingerprint density at radius 1 is 1.31 bits per heavy atom. The molecule has 0 atom stereocenters. The molecule has 88 valence electrons. The summed E-state index contributed by atoms with van der Waals surface area (Å²) in [7, 11) is 1.66. The summed E-state index contributed by atoms with van der Waals surface area (Å²) in [4.78, 5) is 16.2. The first-order valence-electron chi connectivity index (χ1n) is 4.52. The van der Waals surface area contributed by atoms with Crippen LogP contribution in [-0.4, -0.2) is 26.5 Å². The molecular weight excluding hydrogens is 276 g/mol. The van der Waals surface area contributed by atoms with Gasteiger partial charge in [0.1, 0.15) is 12.4 Å². The van der Waals surface area contributed by atoms with E-state index in [-0.39, 0.29) is 6.15 Å². The Morgan fingerprint density at radius 2 is 1.94 bits per heavy atom. The molecule has 16 heavy (non-hydrogen) atoms. The maximum Gasteiger partial charge on any atom is 0.373 e. The molecule has 0 aliphatic rings. The smallest absolute Gasteiger partial charge is 0.373 e. The molecule has 0 radical (unpaired) electrons. The van der Waals surface area contributed by atoms with Gasteiger partial charge in [-0.1, -0.05) is 6.07 Å². The third-order valence-corrected chi connectivity index (χ3v) is 2.29. The third kappa shape index (κ3) is 6.35. The number of hydrogen-bond donors (Lipinski definition) is 0. The number of carbonyl (C=O) groups excluding carboxylic acids is 2. The SMILES string of the molecule is COCCOc1cc(C)ccc1Br.O=C=O. The molecule has 0 N–H and O–H groups in total. The summed E-state index contributed by atoms with van der Waals surface area (Å²) in [5, 5.41) is 0. The lowest BCUT2D eigenvalue weighted by Crippen LogP contribution is -2.04. The van der Waals surface area contributed by atoms with E-state index in [9.17, 15) is 0 Å². The molecule has 0 aliphatic heterocycles. The zero-order valence-corrected chi connectivity index (χ0v) is 10.7. The number of rotatable bonds is 4. The van der Waals surface area contributed by atoms with E-state index in [1.165, 1.54) is 5.56 Å². The number of aryl methyl sites for hydroxylation is 1. The summed E-state index contributed by atoms with van der Waals surface area (Å²) in [5.74, 6) is 0.872. The lowest BCUT2D eigenvalue weighted by Gasteiger charge is -2.07. The Hall–Kier alpha value is -1.16. The second kappa shape index (κ2) is 9.09. The molecular formula is C11H13BrO4. The van der Waals surface area contributed by atoms with Gasteiger partial charge in [-0.15, -0.1) is 0 Å². The number of halogens is 1. The van der Waals surface area contributed by atoms with Crippen LogP contribution >= 0.6 is 15.9 Å². The van der Waals surface area contributed by atoms with Gasteiger partial charge in [0.05, 0.1) is 11.1 Å². The Morgan fingerprint density at radius 3 is 2.50 bits per heavy atom. The fourth-order valence-corrected chi connectivity index (χ4v) is 1.32. The highest BCUT2D eigenvalue weighted by Gasteiger charge is 1.99. The second-order valence-corrected chi connectivity index (χ2v) is 3.71. The van der Waals surface area contributed by atoms with Crippen LogP contribution in [0.5, 0.6) is 5.75 Å². The lowest BCUT2D eigenvalue weighted by molar-refractivity contribution is -0.191. The maximum absolute atomic E-state index is 8.12. The van der Waals surface area contributed by atoms with Gasteiger partial charge in [-0.25, -0.2) is 0 Å². The molecule has 5 heteroatoms. The van der Waals surface area contributed by atoms with Gasteiger partial charge in [0.25, 0.3) is 0 Å². The number of methoxy groups -OCH3 is 1. The van der Waals surface area contributed by atoms with Crippen LogP contribution < -0.4 is 4.74 Å². The number of ether oxygens (including phenoxy) is 2. The molecule has 0 amide bonds. The van der Waals surface area contributed by atoms with E-state index in [1.54, 1.807) is 7.11 Å². The first kappa shape index (κ1) is 14.8. The van der Waals surface area contributed by atoms with E-state index in [0.717, 1.165) is 10.2 Å². The fraction of sp³-hybridized carbons (Fsp3) is 0.364. The van der Waals surface area contributed by atoms with Crippen LogP contribution in [0.2, 0.25) is 0 Å². The van der Waals surface area contributed by atoms with Crippen molar-refractivity contribution < 1.29 is 19.1 Å². The first-order chi connectivity index (χ1) is 7.65. The van der Waals surface area contributed by atoms with E-state index in [0.29, 0.717) is 13.2 Å². The van der Waals surface area contributed by atoms with E-state index in [1.807, 2.05) is 25.1 Å². The van der Waals surface area contributed by atoms with Gasteiger partial charge in [0.15, 0.2) is 0 Å². The van der Waals surface area contributed by atoms with Gasteiger partial charge >= 0.3 is 6.15 Å². The van der Waals surface area contributed by atoms with Crippen molar-refractivity contribution in [1.29, 1.82) is 0 Å². The maximum atomic E-state index is 8.12. The van der Waals surface area contributed by atoms with E-state index in [4.69, 9.17) is 19.1 Å². The normalized spacial score (nSPS) is 8.69. The third-order valence-electron chi connectivity index (χ3n) is 1.63. The van der Waals surface area contributed by atoms with Crippen molar-refractivity contribution in [1.82, 2.24) is 0 Å². The van der Waals surface area contributed by atoms with Crippen molar-refractivity contribution in [2.75, 3.05) is 20.3 Å². The highest BCUT2D eigenvalue weighted by atomic mass is 79.9. The molecule has 0 aliphatic carbocycles. The van der Waals surface area contributed by atoms with Crippen molar-refractivity contribution in [2.45, 2.75) is 6.92 Å². The topological polar surface area (TPSA) is 52.6 Å². The van der Waals surface area contributed by atoms with Crippen molar-refractivity contribution >= 4 is 22.1 Å². The Bertz CT molecular complexity index is 346. The van der Waals surface area contributed by atoms with E-state index in [2.05, 4.69) is 15.9 Å². The summed E-state index contributed by atoms with van der Waals surface area (Å²) in [5.41, 5.74) is 1.19. The Balaban J connectivity index is 0.000000673. The molecule has 0 saturated carbocycles. The van der Waals surface area contributed by atoms with Gasteiger partial charge in [-0.2, -0.15) is 9.59 Å². The molecule has 0 unspecified atom stereocenters. The predicted octanol–water partition coefficient (Wildman–Crippen LogP) is 2.20. The van der Waals surface area contributed by atoms with Crippen molar-refractivity contribution in [3.63, 3.8) is 0 Å². The molecule has 1 aromatic rings. The average molecular weight is 289 g/mol. The zero-order chi connectivity index (χ0) is 12.4. The Kier molecular flexibility index (Phi) is 8.43. The number of benzene rings is 1. The standard InChI is InChI=1S/C10H13BrO2.CO2/c1-8-3-4-9(11)10(7-8)13-6-5-12-2;2-1-3/h3-4,7H,5-6H2,1-2H3;. The minimum atomic E-state index is 0.250. The molecule has 1 rings (SSSR count). The van der Waals surface area contributed by atoms with E-state index < -0.39 is 0 Å². The summed E-state index contributed by atoms with van der Waals surface area (Å²) in [6.07, 6.45) is 0.250. The predicted molar refractivity (Wildman–Crippen MR) is 61.3 cm³/mol. The Labute approximate surface area is 103 Å². The van der Waals surface area contributed by atoms with Gasteiger partial charge in [-0.3, -0.25) is 0 Å². The van der Waals surface area contributed by atoms with Gasteiger partial charge < -0.3 is 9.47 Å². The van der Waals surface area contributed by atoms with Crippen molar-refractivity contribution in [3.05, 3.63) is 28.2 Å². The van der Waals surface area contributed by atoms with Gasteiger partial charge in [-0.05, 0) is 40.5 Å².